The molecule has 0 bridgehead atoms. The summed E-state index contributed by atoms with van der Waals surface area (Å²) in [6.07, 6.45) is 6.64. The Morgan fingerprint density at radius 1 is 0.970 bits per heavy atom. The van der Waals surface area contributed by atoms with Gasteiger partial charge in [0, 0.05) is 22.3 Å². The first-order chi connectivity index (χ1) is 15.8. The predicted molar refractivity (Wildman–Crippen MR) is 131 cm³/mol. The molecule has 0 aromatic heterocycles. The molecule has 172 valence electrons. The lowest BCUT2D eigenvalue weighted by Crippen LogP contribution is -2.34. The zero-order valence-corrected chi connectivity index (χ0v) is 19.8. The summed E-state index contributed by atoms with van der Waals surface area (Å²) in [6.45, 7) is 1.83. The van der Waals surface area contributed by atoms with Gasteiger partial charge >= 0.3 is 0 Å². The zero-order chi connectivity index (χ0) is 23.5. The Balaban J connectivity index is 1.50. The number of amides is 3. The van der Waals surface area contributed by atoms with Gasteiger partial charge in [-0.1, -0.05) is 61.0 Å². The molecular formula is C25H25Cl2N3O3. The third-order valence-corrected chi connectivity index (χ3v) is 6.78. The first kappa shape index (κ1) is 23.3. The molecule has 1 fully saturated rings. The third-order valence-electron chi connectivity index (χ3n) is 6.03. The molecule has 2 aliphatic rings. The topological polar surface area (TPSA) is 78.5 Å². The van der Waals surface area contributed by atoms with E-state index in [4.69, 9.17) is 23.2 Å². The van der Waals surface area contributed by atoms with Crippen LogP contribution in [0.25, 0.3) is 0 Å². The van der Waals surface area contributed by atoms with Crippen LogP contribution < -0.4 is 15.5 Å². The second-order valence-electron chi connectivity index (χ2n) is 8.44. The van der Waals surface area contributed by atoms with Gasteiger partial charge in [-0.3, -0.25) is 14.4 Å². The molecule has 0 atom stereocenters. The van der Waals surface area contributed by atoms with E-state index in [0.717, 1.165) is 36.1 Å². The summed E-state index contributed by atoms with van der Waals surface area (Å²) < 4.78 is 0. The molecule has 33 heavy (non-hydrogen) atoms. The molecule has 4 rings (SSSR count). The van der Waals surface area contributed by atoms with Gasteiger partial charge < -0.3 is 10.6 Å². The summed E-state index contributed by atoms with van der Waals surface area (Å²) in [7, 11) is 0. The normalized spacial score (nSPS) is 17.4. The van der Waals surface area contributed by atoms with Crippen LogP contribution in [0.3, 0.4) is 0 Å². The number of carbonyl (C=O) groups is 3. The minimum atomic E-state index is -0.633. The third kappa shape index (κ3) is 5.07. The average Bonchev–Trinajstić information content (AvgIpc) is 2.98. The van der Waals surface area contributed by atoms with Crippen LogP contribution in [0.2, 0.25) is 5.02 Å². The molecule has 3 amide bonds. The highest BCUT2D eigenvalue weighted by Gasteiger charge is 2.39. The number of hydrogen-bond donors (Lipinski definition) is 2. The second-order valence-corrected chi connectivity index (χ2v) is 9.22. The smallest absolute Gasteiger partial charge is 0.283 e. The molecule has 0 saturated heterocycles. The molecular weight excluding hydrogens is 461 g/mol. The minimum absolute atomic E-state index is 0.0420. The van der Waals surface area contributed by atoms with E-state index in [1.165, 1.54) is 12.8 Å². The molecule has 2 aromatic carbocycles. The predicted octanol–water partition coefficient (Wildman–Crippen LogP) is 5.54. The van der Waals surface area contributed by atoms with E-state index in [0.29, 0.717) is 22.0 Å². The number of aryl methyl sites for hydroxylation is 1. The fourth-order valence-corrected chi connectivity index (χ4v) is 4.53. The van der Waals surface area contributed by atoms with E-state index in [1.54, 1.807) is 42.5 Å². The van der Waals surface area contributed by atoms with Crippen LogP contribution in [-0.4, -0.2) is 23.8 Å². The van der Waals surface area contributed by atoms with Crippen molar-refractivity contribution in [1.29, 1.82) is 0 Å². The number of anilines is 2. The Morgan fingerprint density at radius 3 is 2.39 bits per heavy atom. The van der Waals surface area contributed by atoms with Crippen molar-refractivity contribution in [2.24, 2.45) is 0 Å². The van der Waals surface area contributed by atoms with Gasteiger partial charge in [0.05, 0.1) is 5.69 Å². The number of halogens is 2. The summed E-state index contributed by atoms with van der Waals surface area (Å²) in [5.74, 6) is -1.38. The van der Waals surface area contributed by atoms with Gasteiger partial charge in [0.2, 0.25) is 0 Å². The van der Waals surface area contributed by atoms with E-state index in [1.807, 2.05) is 6.92 Å². The van der Waals surface area contributed by atoms with Crippen LogP contribution in [-0.2, 0) is 9.59 Å². The highest BCUT2D eigenvalue weighted by Crippen LogP contribution is 2.32. The van der Waals surface area contributed by atoms with Crippen LogP contribution in [0.1, 0.15) is 54.4 Å². The van der Waals surface area contributed by atoms with Crippen LogP contribution in [0, 0.1) is 6.92 Å². The Bertz CT molecular complexity index is 1140. The molecule has 6 nitrogen and oxygen atoms in total. The van der Waals surface area contributed by atoms with E-state index >= 15 is 0 Å². The monoisotopic (exact) mass is 485 g/mol. The van der Waals surface area contributed by atoms with E-state index in [2.05, 4.69) is 10.6 Å². The number of nitrogens with one attached hydrogen (secondary N) is 2. The largest absolute Gasteiger partial charge is 0.350 e. The standard InChI is InChI=1S/C25H25Cl2N3O3/c1-15-11-12-19(14-20(15)26)30-24(32)21(27)22(25(30)33)28-18-10-6-7-16(13-18)23(31)29-17-8-4-2-3-5-9-17/h6-7,10-14,17,28H,2-5,8-9H2,1H3,(H,29,31). The lowest BCUT2D eigenvalue weighted by atomic mass is 10.1. The summed E-state index contributed by atoms with van der Waals surface area (Å²) in [5, 5.41) is 6.27. The van der Waals surface area contributed by atoms with Crippen molar-refractivity contribution in [3.8, 4) is 0 Å². The Hall–Kier alpha value is -2.83. The van der Waals surface area contributed by atoms with Crippen molar-refractivity contribution in [1.82, 2.24) is 5.32 Å². The zero-order valence-electron chi connectivity index (χ0n) is 18.3. The quantitative estimate of drug-likeness (QED) is 0.430. The van der Waals surface area contributed by atoms with Crippen molar-refractivity contribution in [2.45, 2.75) is 51.5 Å². The summed E-state index contributed by atoms with van der Waals surface area (Å²) in [6, 6.07) is 11.9. The fraction of sp³-hybridized carbons (Fsp3) is 0.320. The molecule has 1 heterocycles. The van der Waals surface area contributed by atoms with Crippen molar-refractivity contribution >= 4 is 52.3 Å². The second kappa shape index (κ2) is 9.98. The van der Waals surface area contributed by atoms with Crippen LogP contribution >= 0.6 is 23.2 Å². The Morgan fingerprint density at radius 2 is 1.70 bits per heavy atom. The minimum Gasteiger partial charge on any atom is -0.350 e. The maximum atomic E-state index is 13.0. The van der Waals surface area contributed by atoms with Crippen LogP contribution in [0.15, 0.2) is 53.2 Å². The average molecular weight is 486 g/mol. The highest BCUT2D eigenvalue weighted by molar-refractivity contribution is 6.53. The number of imide groups is 1. The molecule has 0 spiro atoms. The van der Waals surface area contributed by atoms with Crippen molar-refractivity contribution < 1.29 is 14.4 Å². The van der Waals surface area contributed by atoms with Gasteiger partial charge in [0.1, 0.15) is 10.7 Å². The van der Waals surface area contributed by atoms with Crippen LogP contribution in [0.5, 0.6) is 0 Å². The van der Waals surface area contributed by atoms with Gasteiger partial charge in [0.15, 0.2) is 0 Å². The van der Waals surface area contributed by atoms with Gasteiger partial charge in [-0.25, -0.2) is 4.90 Å². The molecule has 0 unspecified atom stereocenters. The molecule has 2 aromatic rings. The number of hydrogen-bond acceptors (Lipinski definition) is 4. The number of benzene rings is 2. The molecule has 8 heteroatoms. The van der Waals surface area contributed by atoms with Crippen molar-refractivity contribution in [3.63, 3.8) is 0 Å². The van der Waals surface area contributed by atoms with Gasteiger partial charge in [-0.2, -0.15) is 0 Å². The molecule has 1 aliphatic carbocycles. The Kier molecular flexibility index (Phi) is 7.05. The molecule has 2 N–H and O–H groups in total. The van der Waals surface area contributed by atoms with Crippen molar-refractivity contribution in [3.05, 3.63) is 69.3 Å². The number of nitrogens with zero attached hydrogens (tertiary/aromatic N) is 1. The summed E-state index contributed by atoms with van der Waals surface area (Å²) >= 11 is 12.4. The van der Waals surface area contributed by atoms with Gasteiger partial charge in [-0.05, 0) is 55.7 Å². The van der Waals surface area contributed by atoms with E-state index in [9.17, 15) is 14.4 Å². The maximum Gasteiger partial charge on any atom is 0.283 e. The highest BCUT2D eigenvalue weighted by atomic mass is 35.5. The first-order valence-electron chi connectivity index (χ1n) is 11.1. The van der Waals surface area contributed by atoms with Crippen LogP contribution in [0.4, 0.5) is 11.4 Å². The SMILES string of the molecule is Cc1ccc(N2C(=O)C(Cl)=C(Nc3cccc(C(=O)NC4CCCCCC4)c3)C2=O)cc1Cl. The molecule has 1 saturated carbocycles. The number of rotatable bonds is 5. The summed E-state index contributed by atoms with van der Waals surface area (Å²) in [4.78, 5) is 39.5. The van der Waals surface area contributed by atoms with Gasteiger partial charge in [-0.15, -0.1) is 0 Å². The Labute approximate surface area is 202 Å². The summed E-state index contributed by atoms with van der Waals surface area (Å²) in [5.41, 5.74) is 2.09. The van der Waals surface area contributed by atoms with E-state index in [-0.39, 0.29) is 22.7 Å². The molecule has 1 aliphatic heterocycles. The number of carbonyl (C=O) groups excluding carboxylic acids is 3. The van der Waals surface area contributed by atoms with Crippen molar-refractivity contribution in [2.75, 3.05) is 10.2 Å². The molecule has 0 radical (unpaired) electrons. The lowest BCUT2D eigenvalue weighted by molar-refractivity contribution is -0.120. The van der Waals surface area contributed by atoms with E-state index < -0.39 is 11.8 Å². The first-order valence-corrected chi connectivity index (χ1v) is 11.8. The fourth-order valence-electron chi connectivity index (χ4n) is 4.14. The lowest BCUT2D eigenvalue weighted by Gasteiger charge is -2.17. The maximum absolute atomic E-state index is 13.0. The van der Waals surface area contributed by atoms with Gasteiger partial charge in [0.25, 0.3) is 17.7 Å².